The second-order valence-corrected chi connectivity index (χ2v) is 4.04. The van der Waals surface area contributed by atoms with Crippen molar-refractivity contribution in [2.45, 2.75) is 0 Å². The molecule has 0 spiro atoms. The van der Waals surface area contributed by atoms with E-state index in [0.717, 1.165) is 6.07 Å². The first kappa shape index (κ1) is 10.6. The van der Waals surface area contributed by atoms with Gasteiger partial charge in [-0.2, -0.15) is 0 Å². The molecule has 0 fully saturated rings. The molecule has 0 bridgehead atoms. The number of benzene rings is 1. The minimum absolute atomic E-state index is 0.0239. The molecular weight excluding hydrogens is 234 g/mol. The van der Waals surface area contributed by atoms with Gasteiger partial charge in [-0.05, 0) is 12.1 Å². The standard InChI is InChI=1S/C13H9NO4/c1-14-8-5-3-2-4-7(8)12-11(13(14)17)9(15)6-10(16)18-12/h2-6,15H,1H3. The first-order chi connectivity index (χ1) is 8.59. The van der Waals surface area contributed by atoms with Gasteiger partial charge < -0.3 is 14.1 Å². The van der Waals surface area contributed by atoms with Gasteiger partial charge in [0.25, 0.3) is 5.56 Å². The van der Waals surface area contributed by atoms with E-state index in [4.69, 9.17) is 4.42 Å². The van der Waals surface area contributed by atoms with Gasteiger partial charge in [-0.1, -0.05) is 12.1 Å². The number of fused-ring (bicyclic) bond motifs is 3. The molecule has 0 aliphatic carbocycles. The van der Waals surface area contributed by atoms with Gasteiger partial charge in [-0.15, -0.1) is 0 Å². The lowest BCUT2D eigenvalue weighted by Crippen LogP contribution is -2.18. The van der Waals surface area contributed by atoms with Crippen molar-refractivity contribution in [3.05, 3.63) is 51.1 Å². The lowest BCUT2D eigenvalue weighted by Gasteiger charge is -2.07. The van der Waals surface area contributed by atoms with Crippen LogP contribution in [-0.4, -0.2) is 9.67 Å². The van der Waals surface area contributed by atoms with Gasteiger partial charge in [0.15, 0.2) is 5.58 Å². The van der Waals surface area contributed by atoms with E-state index in [9.17, 15) is 14.7 Å². The minimum Gasteiger partial charge on any atom is -0.507 e. The lowest BCUT2D eigenvalue weighted by molar-refractivity contribution is 0.467. The number of aryl methyl sites for hydroxylation is 1. The zero-order valence-electron chi connectivity index (χ0n) is 9.51. The van der Waals surface area contributed by atoms with Gasteiger partial charge in [0, 0.05) is 12.4 Å². The van der Waals surface area contributed by atoms with E-state index in [1.807, 2.05) is 0 Å². The van der Waals surface area contributed by atoms with Crippen molar-refractivity contribution in [3.63, 3.8) is 0 Å². The minimum atomic E-state index is -0.682. The first-order valence-electron chi connectivity index (χ1n) is 5.34. The molecule has 0 saturated carbocycles. The fourth-order valence-electron chi connectivity index (χ4n) is 2.11. The molecule has 0 atom stereocenters. The van der Waals surface area contributed by atoms with Gasteiger partial charge in [0.2, 0.25) is 0 Å². The lowest BCUT2D eigenvalue weighted by atomic mass is 10.1. The van der Waals surface area contributed by atoms with Crippen molar-refractivity contribution in [3.8, 4) is 5.75 Å². The molecule has 5 nitrogen and oxygen atoms in total. The highest BCUT2D eigenvalue weighted by molar-refractivity contribution is 6.03. The fraction of sp³-hybridized carbons (Fsp3) is 0.0769. The quantitative estimate of drug-likeness (QED) is 0.605. The van der Waals surface area contributed by atoms with Crippen LogP contribution in [-0.2, 0) is 7.05 Å². The predicted octanol–water partition coefficient (Wildman–Crippen LogP) is 1.35. The van der Waals surface area contributed by atoms with Gasteiger partial charge in [-0.25, -0.2) is 4.79 Å². The van der Waals surface area contributed by atoms with Gasteiger partial charge in [-0.3, -0.25) is 4.79 Å². The molecule has 0 radical (unpaired) electrons. The van der Waals surface area contributed by atoms with Crippen molar-refractivity contribution in [1.82, 2.24) is 4.57 Å². The largest absolute Gasteiger partial charge is 0.507 e. The number of hydrogen-bond acceptors (Lipinski definition) is 4. The summed E-state index contributed by atoms with van der Waals surface area (Å²) in [5, 5.41) is 10.4. The number of aromatic hydroxyl groups is 1. The van der Waals surface area contributed by atoms with Crippen LogP contribution in [0.1, 0.15) is 0 Å². The van der Waals surface area contributed by atoms with Crippen LogP contribution in [0.4, 0.5) is 0 Å². The summed E-state index contributed by atoms with van der Waals surface area (Å²) in [5.41, 5.74) is -0.314. The third-order valence-corrected chi connectivity index (χ3v) is 2.97. The molecule has 3 rings (SSSR count). The van der Waals surface area contributed by atoms with Crippen LogP contribution in [0.3, 0.4) is 0 Å². The molecule has 1 aromatic carbocycles. The second-order valence-electron chi connectivity index (χ2n) is 4.04. The second kappa shape index (κ2) is 3.46. The summed E-state index contributed by atoms with van der Waals surface area (Å²) in [5.74, 6) is -0.354. The van der Waals surface area contributed by atoms with Crippen LogP contribution in [0.2, 0.25) is 0 Å². The number of para-hydroxylation sites is 1. The normalized spacial score (nSPS) is 11.2. The van der Waals surface area contributed by atoms with Crippen LogP contribution >= 0.6 is 0 Å². The smallest absolute Gasteiger partial charge is 0.339 e. The maximum absolute atomic E-state index is 12.1. The maximum Gasteiger partial charge on any atom is 0.339 e. The molecule has 5 heteroatoms. The number of aromatic nitrogens is 1. The Balaban J connectivity index is 2.79. The van der Waals surface area contributed by atoms with E-state index in [1.54, 1.807) is 31.3 Å². The molecule has 2 heterocycles. The Morgan fingerprint density at radius 1 is 1.22 bits per heavy atom. The average molecular weight is 243 g/mol. The Hall–Kier alpha value is -2.56. The van der Waals surface area contributed by atoms with Crippen LogP contribution in [0.15, 0.2) is 44.3 Å². The molecule has 0 aliphatic heterocycles. The van der Waals surface area contributed by atoms with Gasteiger partial charge >= 0.3 is 5.63 Å². The van der Waals surface area contributed by atoms with Gasteiger partial charge in [0.1, 0.15) is 11.1 Å². The fourth-order valence-corrected chi connectivity index (χ4v) is 2.11. The molecule has 1 N–H and O–H groups in total. The van der Waals surface area contributed by atoms with E-state index in [0.29, 0.717) is 10.9 Å². The summed E-state index contributed by atoms with van der Waals surface area (Å²) in [6.07, 6.45) is 0. The van der Waals surface area contributed by atoms with Crippen LogP contribution in [0, 0.1) is 0 Å². The zero-order chi connectivity index (χ0) is 12.9. The van der Waals surface area contributed by atoms with Crippen LogP contribution < -0.4 is 11.2 Å². The summed E-state index contributed by atoms with van der Waals surface area (Å²) < 4.78 is 6.48. The summed E-state index contributed by atoms with van der Waals surface area (Å²) in [4.78, 5) is 23.4. The third kappa shape index (κ3) is 1.27. The average Bonchev–Trinajstić information content (AvgIpc) is 2.35. The number of rotatable bonds is 0. The molecule has 0 aliphatic rings. The maximum atomic E-state index is 12.1. The van der Waals surface area contributed by atoms with Crippen molar-refractivity contribution in [2.75, 3.05) is 0 Å². The van der Waals surface area contributed by atoms with Crippen LogP contribution in [0.25, 0.3) is 21.9 Å². The Bertz CT molecular complexity index is 889. The van der Waals surface area contributed by atoms with Crippen molar-refractivity contribution < 1.29 is 9.52 Å². The van der Waals surface area contributed by atoms with E-state index in [2.05, 4.69) is 0 Å². The summed E-state index contributed by atoms with van der Waals surface area (Å²) >= 11 is 0. The Kier molecular flexibility index (Phi) is 2.04. The first-order valence-corrected chi connectivity index (χ1v) is 5.34. The summed E-state index contributed by atoms with van der Waals surface area (Å²) in [6.45, 7) is 0. The van der Waals surface area contributed by atoms with E-state index >= 15 is 0 Å². The van der Waals surface area contributed by atoms with E-state index in [-0.39, 0.29) is 16.7 Å². The Morgan fingerprint density at radius 3 is 2.72 bits per heavy atom. The van der Waals surface area contributed by atoms with E-state index < -0.39 is 11.2 Å². The molecular formula is C13H9NO4. The Morgan fingerprint density at radius 2 is 1.94 bits per heavy atom. The molecule has 2 aromatic heterocycles. The predicted molar refractivity (Wildman–Crippen MR) is 66.9 cm³/mol. The van der Waals surface area contributed by atoms with Crippen molar-refractivity contribution in [2.24, 2.45) is 7.05 Å². The number of nitrogens with zero attached hydrogens (tertiary/aromatic N) is 1. The molecule has 90 valence electrons. The van der Waals surface area contributed by atoms with Crippen LogP contribution in [0.5, 0.6) is 5.75 Å². The topological polar surface area (TPSA) is 72.4 Å². The molecule has 18 heavy (non-hydrogen) atoms. The SMILES string of the molecule is Cn1c(=O)c2c(O)cc(=O)oc2c2ccccc21. The summed E-state index contributed by atoms with van der Waals surface area (Å²) in [6, 6.07) is 7.95. The van der Waals surface area contributed by atoms with E-state index in [1.165, 1.54) is 4.57 Å². The molecule has 0 amide bonds. The molecule has 3 aromatic rings. The molecule has 0 unspecified atom stereocenters. The molecule has 0 saturated heterocycles. The highest BCUT2D eigenvalue weighted by Gasteiger charge is 2.14. The highest BCUT2D eigenvalue weighted by atomic mass is 16.4. The number of pyridine rings is 1. The van der Waals surface area contributed by atoms with Crippen molar-refractivity contribution >= 4 is 21.9 Å². The van der Waals surface area contributed by atoms with Crippen molar-refractivity contribution in [1.29, 1.82) is 0 Å². The highest BCUT2D eigenvalue weighted by Crippen LogP contribution is 2.25. The van der Waals surface area contributed by atoms with Gasteiger partial charge in [0.05, 0.1) is 11.6 Å². The summed E-state index contributed by atoms with van der Waals surface area (Å²) in [7, 11) is 1.61. The third-order valence-electron chi connectivity index (χ3n) is 2.97. The zero-order valence-corrected chi connectivity index (χ0v) is 9.51. The number of hydrogen-bond donors (Lipinski definition) is 1. The Labute approximate surface area is 101 Å². The monoisotopic (exact) mass is 243 g/mol.